The van der Waals surface area contributed by atoms with E-state index in [0.29, 0.717) is 47.5 Å². The maximum atomic E-state index is 13.5. The molecular weight excluding hydrogens is 461 g/mol. The smallest absolute Gasteiger partial charge is 0.267 e. The van der Waals surface area contributed by atoms with Crippen molar-refractivity contribution >= 4 is 35.1 Å². The lowest BCUT2D eigenvalue weighted by atomic mass is 10.1. The lowest BCUT2D eigenvalue weighted by Gasteiger charge is -2.30. The Morgan fingerprint density at radius 2 is 1.78 bits per heavy atom. The third kappa shape index (κ3) is 3.78. The van der Waals surface area contributed by atoms with Crippen LogP contribution in [0.1, 0.15) is 40.1 Å². The largest absolute Gasteiger partial charge is 0.340 e. The van der Waals surface area contributed by atoms with Crippen LogP contribution in [0.5, 0.6) is 0 Å². The molecule has 1 aromatic heterocycles. The minimum absolute atomic E-state index is 0.0341. The van der Waals surface area contributed by atoms with E-state index in [-0.39, 0.29) is 23.2 Å². The molecule has 1 fully saturated rings. The summed E-state index contributed by atoms with van der Waals surface area (Å²) in [6.45, 7) is 6.61. The Morgan fingerprint density at radius 1 is 1.08 bits per heavy atom. The van der Waals surface area contributed by atoms with Gasteiger partial charge in [-0.15, -0.1) is 0 Å². The van der Waals surface area contributed by atoms with Gasteiger partial charge in [-0.05, 0) is 55.8 Å². The number of aliphatic imine (C=N–C) groups is 1. The SMILES string of the molecule is CN1C(=O)c2c(nn(Cc3ccc(C(=O)N4CC4)cc3)c2Nc2ccc(F)cc2)N2CC(C)(C)N=C12. The van der Waals surface area contributed by atoms with Crippen molar-refractivity contribution < 1.29 is 14.0 Å². The fraction of sp³-hybridized carbons (Fsp3) is 0.308. The van der Waals surface area contributed by atoms with Crippen LogP contribution in [0.25, 0.3) is 0 Å². The monoisotopic (exact) mass is 487 g/mol. The first-order valence-corrected chi connectivity index (χ1v) is 11.9. The molecule has 2 amide bonds. The van der Waals surface area contributed by atoms with Crippen LogP contribution in [0.2, 0.25) is 0 Å². The van der Waals surface area contributed by atoms with Gasteiger partial charge in [0.05, 0.1) is 18.6 Å². The summed E-state index contributed by atoms with van der Waals surface area (Å²) >= 11 is 0. The molecule has 0 atom stereocenters. The number of hydrogen-bond acceptors (Lipinski definition) is 6. The van der Waals surface area contributed by atoms with E-state index in [1.165, 1.54) is 12.1 Å². The summed E-state index contributed by atoms with van der Waals surface area (Å²) in [7, 11) is 1.71. The Morgan fingerprint density at radius 3 is 2.44 bits per heavy atom. The fourth-order valence-electron chi connectivity index (χ4n) is 4.62. The Hall–Kier alpha value is -4.21. The topological polar surface area (TPSA) is 85.8 Å². The van der Waals surface area contributed by atoms with Gasteiger partial charge in [0.2, 0.25) is 5.96 Å². The number of carbonyl (C=O) groups is 2. The predicted molar refractivity (Wildman–Crippen MR) is 134 cm³/mol. The standard InChI is InChI=1S/C26H26FN7O2/c1-26(2)15-33-22-20(24(36)31(3)25(33)29-26)21(28-19-10-8-18(27)9-11-19)34(30-22)14-16-4-6-17(7-5-16)23(35)32-12-13-32/h4-11,28H,12-15H2,1-3H3. The molecule has 0 bridgehead atoms. The highest BCUT2D eigenvalue weighted by Crippen LogP contribution is 2.38. The number of nitrogens with one attached hydrogen (secondary N) is 1. The van der Waals surface area contributed by atoms with Gasteiger partial charge in [-0.25, -0.2) is 14.1 Å². The van der Waals surface area contributed by atoms with Gasteiger partial charge in [0.1, 0.15) is 17.2 Å². The predicted octanol–water partition coefficient (Wildman–Crippen LogP) is 3.31. The quantitative estimate of drug-likeness (QED) is 0.558. The van der Waals surface area contributed by atoms with Crippen LogP contribution in [0.3, 0.4) is 0 Å². The minimum Gasteiger partial charge on any atom is -0.340 e. The van der Waals surface area contributed by atoms with Crippen molar-refractivity contribution in [3.05, 3.63) is 71.0 Å². The molecule has 1 saturated heterocycles. The molecule has 1 N–H and O–H groups in total. The number of nitrogens with zero attached hydrogens (tertiary/aromatic N) is 6. The van der Waals surface area contributed by atoms with Crippen LogP contribution in [0.15, 0.2) is 53.5 Å². The lowest BCUT2D eigenvalue weighted by Crippen LogP contribution is -2.48. The van der Waals surface area contributed by atoms with Gasteiger partial charge < -0.3 is 10.2 Å². The average molecular weight is 488 g/mol. The number of hydrogen-bond donors (Lipinski definition) is 1. The van der Waals surface area contributed by atoms with Gasteiger partial charge in [-0.3, -0.25) is 19.4 Å². The number of benzene rings is 2. The second-order valence-corrected chi connectivity index (χ2v) is 10.0. The summed E-state index contributed by atoms with van der Waals surface area (Å²) in [5.41, 5.74) is 2.29. The molecule has 0 radical (unpaired) electrons. The van der Waals surface area contributed by atoms with Gasteiger partial charge in [-0.2, -0.15) is 5.10 Å². The molecule has 9 nitrogen and oxygen atoms in total. The molecule has 0 saturated carbocycles. The van der Waals surface area contributed by atoms with Crippen molar-refractivity contribution in [2.75, 3.05) is 36.9 Å². The number of anilines is 3. The molecule has 3 aliphatic rings. The van der Waals surface area contributed by atoms with Crippen molar-refractivity contribution in [2.24, 2.45) is 4.99 Å². The number of guanidine groups is 1. The van der Waals surface area contributed by atoms with Gasteiger partial charge in [0.25, 0.3) is 11.8 Å². The molecule has 36 heavy (non-hydrogen) atoms. The zero-order valence-electron chi connectivity index (χ0n) is 20.3. The lowest BCUT2D eigenvalue weighted by molar-refractivity contribution is 0.0863. The highest BCUT2D eigenvalue weighted by atomic mass is 19.1. The van der Waals surface area contributed by atoms with E-state index in [1.807, 2.05) is 43.0 Å². The van der Waals surface area contributed by atoms with Crippen LogP contribution in [0.4, 0.5) is 21.7 Å². The Balaban J connectivity index is 1.40. The van der Waals surface area contributed by atoms with Gasteiger partial charge in [-0.1, -0.05) is 12.1 Å². The second-order valence-electron chi connectivity index (χ2n) is 10.0. The summed E-state index contributed by atoms with van der Waals surface area (Å²) in [5.74, 6) is 1.11. The molecular formula is C26H26FN7O2. The Labute approximate surface area is 207 Å². The van der Waals surface area contributed by atoms with E-state index >= 15 is 0 Å². The zero-order valence-corrected chi connectivity index (χ0v) is 20.3. The molecule has 0 unspecified atom stereocenters. The first-order chi connectivity index (χ1) is 17.2. The van der Waals surface area contributed by atoms with Gasteiger partial charge in [0.15, 0.2) is 5.82 Å². The normalized spacial score (nSPS) is 17.6. The maximum absolute atomic E-state index is 13.5. The molecule has 6 rings (SSSR count). The van der Waals surface area contributed by atoms with Crippen molar-refractivity contribution in [2.45, 2.75) is 25.9 Å². The van der Waals surface area contributed by atoms with Gasteiger partial charge in [0, 0.05) is 31.4 Å². The summed E-state index contributed by atoms with van der Waals surface area (Å²) in [6, 6.07) is 13.4. The first kappa shape index (κ1) is 22.3. The van der Waals surface area contributed by atoms with Crippen LogP contribution >= 0.6 is 0 Å². The number of carbonyl (C=O) groups excluding carboxylic acids is 2. The number of aromatic nitrogens is 2. The summed E-state index contributed by atoms with van der Waals surface area (Å²) in [6.07, 6.45) is 0. The van der Waals surface area contributed by atoms with E-state index in [0.717, 1.165) is 18.7 Å². The number of halogens is 1. The highest BCUT2D eigenvalue weighted by molar-refractivity contribution is 6.20. The van der Waals surface area contributed by atoms with E-state index < -0.39 is 0 Å². The number of rotatable bonds is 5. The van der Waals surface area contributed by atoms with Crippen LogP contribution < -0.4 is 10.2 Å². The van der Waals surface area contributed by atoms with Crippen molar-refractivity contribution in [1.82, 2.24) is 19.6 Å². The molecule has 4 heterocycles. The first-order valence-electron chi connectivity index (χ1n) is 11.9. The van der Waals surface area contributed by atoms with E-state index in [9.17, 15) is 14.0 Å². The van der Waals surface area contributed by atoms with Crippen LogP contribution in [-0.2, 0) is 6.54 Å². The van der Waals surface area contributed by atoms with Gasteiger partial charge >= 0.3 is 0 Å². The number of fused-ring (bicyclic) bond motifs is 3. The molecule has 184 valence electrons. The zero-order chi connectivity index (χ0) is 25.2. The van der Waals surface area contributed by atoms with Crippen LogP contribution in [-0.4, -0.2) is 69.6 Å². The molecule has 0 aliphatic carbocycles. The average Bonchev–Trinajstić information content (AvgIpc) is 3.57. The summed E-state index contributed by atoms with van der Waals surface area (Å²) in [4.78, 5) is 35.9. The molecule has 0 spiro atoms. The molecule has 3 aromatic rings. The fourth-order valence-corrected chi connectivity index (χ4v) is 4.62. The summed E-state index contributed by atoms with van der Waals surface area (Å²) < 4.78 is 15.3. The Bertz CT molecular complexity index is 1410. The molecule has 3 aliphatic heterocycles. The third-order valence-electron chi connectivity index (χ3n) is 6.57. The van der Waals surface area contributed by atoms with E-state index in [4.69, 9.17) is 10.1 Å². The van der Waals surface area contributed by atoms with E-state index in [1.54, 1.807) is 33.7 Å². The maximum Gasteiger partial charge on any atom is 0.267 e. The van der Waals surface area contributed by atoms with Crippen LogP contribution in [0, 0.1) is 5.82 Å². The third-order valence-corrected chi connectivity index (χ3v) is 6.57. The minimum atomic E-state index is -0.361. The van der Waals surface area contributed by atoms with E-state index in [2.05, 4.69) is 5.32 Å². The van der Waals surface area contributed by atoms with Crippen molar-refractivity contribution in [1.29, 1.82) is 0 Å². The van der Waals surface area contributed by atoms with Crippen molar-refractivity contribution in [3.8, 4) is 0 Å². The second kappa shape index (κ2) is 7.91. The highest BCUT2D eigenvalue weighted by Gasteiger charge is 2.45. The molecule has 10 heteroatoms. The number of amides is 2. The molecule has 2 aromatic carbocycles. The summed E-state index contributed by atoms with van der Waals surface area (Å²) in [5, 5.41) is 8.14. The Kier molecular flexibility index (Phi) is 4.89. The van der Waals surface area contributed by atoms with Crippen molar-refractivity contribution in [3.63, 3.8) is 0 Å².